The fraction of sp³-hybridized carbons (Fsp3) is 0.429. The van der Waals surface area contributed by atoms with Gasteiger partial charge in [0.2, 0.25) is 15.9 Å². The van der Waals surface area contributed by atoms with Crippen molar-refractivity contribution in [3.8, 4) is 0 Å². The maximum Gasteiger partial charge on any atom is 0.416 e. The van der Waals surface area contributed by atoms with Crippen molar-refractivity contribution < 1.29 is 26.4 Å². The van der Waals surface area contributed by atoms with Crippen molar-refractivity contribution in [2.75, 3.05) is 26.7 Å². The van der Waals surface area contributed by atoms with Gasteiger partial charge in [-0.05, 0) is 43.2 Å². The Labute approximate surface area is 179 Å². The van der Waals surface area contributed by atoms with Gasteiger partial charge in [0.05, 0.1) is 10.5 Å². The first-order valence-corrected chi connectivity index (χ1v) is 11.4. The van der Waals surface area contributed by atoms with E-state index in [1.165, 1.54) is 0 Å². The summed E-state index contributed by atoms with van der Waals surface area (Å²) in [5.74, 6) is -0.381. The standard InChI is InChI=1S/C21H24F3N3O3S/c1-26(12-10-18-6-2-3-11-25-18)20(28)16-8-13-27(14-9-16)31(29,30)19-7-4-5-17(15-19)21(22,23)24/h2-7,11,15-16H,8-10,12-14H2,1H3. The smallest absolute Gasteiger partial charge is 0.345 e. The third kappa shape index (κ3) is 5.62. The van der Waals surface area contributed by atoms with Gasteiger partial charge in [0.15, 0.2) is 0 Å². The van der Waals surface area contributed by atoms with Crippen molar-refractivity contribution in [2.24, 2.45) is 5.92 Å². The first kappa shape index (κ1) is 23.2. The van der Waals surface area contributed by atoms with Gasteiger partial charge >= 0.3 is 6.18 Å². The molecule has 0 spiro atoms. The number of halogens is 3. The molecule has 0 unspecified atom stereocenters. The van der Waals surface area contributed by atoms with Crippen LogP contribution in [0, 0.1) is 5.92 Å². The number of carbonyl (C=O) groups excluding carboxylic acids is 1. The molecule has 3 rings (SSSR count). The average Bonchev–Trinajstić information content (AvgIpc) is 2.77. The van der Waals surface area contributed by atoms with E-state index in [9.17, 15) is 26.4 Å². The minimum absolute atomic E-state index is 0.0629. The lowest BCUT2D eigenvalue weighted by Gasteiger charge is -2.32. The van der Waals surface area contributed by atoms with Crippen molar-refractivity contribution in [1.29, 1.82) is 0 Å². The van der Waals surface area contributed by atoms with Crippen LogP contribution in [0.1, 0.15) is 24.1 Å². The number of amides is 1. The molecular formula is C21H24F3N3O3S. The zero-order valence-electron chi connectivity index (χ0n) is 17.0. The molecule has 2 aromatic rings. The van der Waals surface area contributed by atoms with Gasteiger partial charge in [-0.25, -0.2) is 8.42 Å². The number of likely N-dealkylation sites (N-methyl/N-ethyl adjacent to an activating group) is 1. The van der Waals surface area contributed by atoms with Crippen LogP contribution in [-0.2, 0) is 27.4 Å². The quantitative estimate of drug-likeness (QED) is 0.671. The monoisotopic (exact) mass is 455 g/mol. The predicted molar refractivity (Wildman–Crippen MR) is 109 cm³/mol. The number of rotatable bonds is 6. The molecule has 1 aromatic heterocycles. The molecule has 1 aliphatic rings. The molecule has 1 aliphatic heterocycles. The lowest BCUT2D eigenvalue weighted by Crippen LogP contribution is -2.43. The lowest BCUT2D eigenvalue weighted by molar-refractivity contribution is -0.138. The maximum absolute atomic E-state index is 12.9. The molecule has 1 saturated heterocycles. The molecule has 2 heterocycles. The third-order valence-corrected chi connectivity index (χ3v) is 7.30. The van der Waals surface area contributed by atoms with Crippen LogP contribution in [0.25, 0.3) is 0 Å². The van der Waals surface area contributed by atoms with E-state index >= 15 is 0 Å². The molecule has 0 radical (unpaired) electrons. The van der Waals surface area contributed by atoms with E-state index in [-0.39, 0.29) is 29.8 Å². The zero-order valence-corrected chi connectivity index (χ0v) is 17.9. The number of pyridine rings is 1. The van der Waals surface area contributed by atoms with Crippen LogP contribution in [0.2, 0.25) is 0 Å². The van der Waals surface area contributed by atoms with Crippen LogP contribution in [0.15, 0.2) is 53.6 Å². The molecule has 0 aliphatic carbocycles. The highest BCUT2D eigenvalue weighted by Crippen LogP contribution is 2.32. The number of aromatic nitrogens is 1. The highest BCUT2D eigenvalue weighted by Gasteiger charge is 2.35. The molecule has 31 heavy (non-hydrogen) atoms. The van der Waals surface area contributed by atoms with Gasteiger partial charge < -0.3 is 4.90 Å². The summed E-state index contributed by atoms with van der Waals surface area (Å²) < 4.78 is 65.5. The van der Waals surface area contributed by atoms with E-state index in [0.29, 0.717) is 31.9 Å². The largest absolute Gasteiger partial charge is 0.416 e. The maximum atomic E-state index is 12.9. The van der Waals surface area contributed by atoms with Crippen molar-refractivity contribution in [2.45, 2.75) is 30.3 Å². The van der Waals surface area contributed by atoms with Crippen molar-refractivity contribution in [1.82, 2.24) is 14.2 Å². The van der Waals surface area contributed by atoms with E-state index in [0.717, 1.165) is 28.2 Å². The molecule has 6 nitrogen and oxygen atoms in total. The fourth-order valence-electron chi connectivity index (χ4n) is 3.58. The number of hydrogen-bond donors (Lipinski definition) is 0. The highest BCUT2D eigenvalue weighted by molar-refractivity contribution is 7.89. The van der Waals surface area contributed by atoms with Crippen LogP contribution in [0.5, 0.6) is 0 Å². The van der Waals surface area contributed by atoms with Gasteiger partial charge in [-0.15, -0.1) is 0 Å². The Kier molecular flexibility index (Phi) is 7.00. The Hall–Kier alpha value is -2.46. The van der Waals surface area contributed by atoms with E-state index < -0.39 is 21.8 Å². The molecular weight excluding hydrogens is 431 g/mol. The van der Waals surface area contributed by atoms with Gasteiger partial charge in [0, 0.05) is 50.9 Å². The van der Waals surface area contributed by atoms with E-state index in [1.54, 1.807) is 18.1 Å². The number of nitrogens with zero attached hydrogens (tertiary/aromatic N) is 3. The SMILES string of the molecule is CN(CCc1ccccn1)C(=O)C1CCN(S(=O)(=O)c2cccc(C(F)(F)F)c2)CC1. The van der Waals surface area contributed by atoms with Crippen LogP contribution in [-0.4, -0.2) is 55.2 Å². The third-order valence-electron chi connectivity index (χ3n) is 5.41. The summed E-state index contributed by atoms with van der Waals surface area (Å²) in [5, 5.41) is 0. The number of benzene rings is 1. The van der Waals surface area contributed by atoms with Crippen molar-refractivity contribution in [3.63, 3.8) is 0 Å². The summed E-state index contributed by atoms with van der Waals surface area (Å²) in [6.07, 6.45) is -1.66. The zero-order chi connectivity index (χ0) is 22.6. The molecule has 0 saturated carbocycles. The number of hydrogen-bond acceptors (Lipinski definition) is 4. The van der Waals surface area contributed by atoms with E-state index in [4.69, 9.17) is 0 Å². The Morgan fingerprint density at radius 1 is 1.16 bits per heavy atom. The number of sulfonamides is 1. The number of carbonyl (C=O) groups is 1. The molecule has 0 N–H and O–H groups in total. The van der Waals surface area contributed by atoms with Gasteiger partial charge in [-0.3, -0.25) is 9.78 Å². The Bertz CT molecular complexity index is 1010. The van der Waals surface area contributed by atoms with Gasteiger partial charge in [-0.2, -0.15) is 17.5 Å². The summed E-state index contributed by atoms with van der Waals surface area (Å²) in [7, 11) is -2.35. The normalized spacial score (nSPS) is 16.3. The minimum Gasteiger partial charge on any atom is -0.345 e. The van der Waals surface area contributed by atoms with Crippen molar-refractivity contribution >= 4 is 15.9 Å². The fourth-order valence-corrected chi connectivity index (χ4v) is 5.09. The average molecular weight is 456 g/mol. The predicted octanol–water partition coefficient (Wildman–Crippen LogP) is 3.20. The second-order valence-corrected chi connectivity index (χ2v) is 9.47. The van der Waals surface area contributed by atoms with Gasteiger partial charge in [0.25, 0.3) is 0 Å². The molecule has 168 valence electrons. The summed E-state index contributed by atoms with van der Waals surface area (Å²) >= 11 is 0. The molecule has 1 amide bonds. The van der Waals surface area contributed by atoms with Crippen molar-refractivity contribution in [3.05, 3.63) is 59.9 Å². The summed E-state index contributed by atoms with van der Waals surface area (Å²) in [4.78, 5) is 18.2. The minimum atomic E-state index is -4.62. The summed E-state index contributed by atoms with van der Waals surface area (Å²) in [5.41, 5.74) is -0.127. The molecule has 0 atom stereocenters. The molecule has 1 fully saturated rings. The second kappa shape index (κ2) is 9.35. The van der Waals surface area contributed by atoms with Gasteiger partial charge in [0.1, 0.15) is 0 Å². The number of piperidine rings is 1. The summed E-state index contributed by atoms with van der Waals surface area (Å²) in [6, 6.07) is 9.32. The van der Waals surface area contributed by atoms with Crippen LogP contribution in [0.4, 0.5) is 13.2 Å². The molecule has 0 bridgehead atoms. The van der Waals surface area contributed by atoms with Crippen LogP contribution in [0.3, 0.4) is 0 Å². The highest BCUT2D eigenvalue weighted by atomic mass is 32.2. The molecule has 10 heteroatoms. The molecule has 1 aromatic carbocycles. The van der Waals surface area contributed by atoms with E-state index in [2.05, 4.69) is 4.98 Å². The Balaban J connectivity index is 1.59. The topological polar surface area (TPSA) is 70.6 Å². The van der Waals surface area contributed by atoms with Gasteiger partial charge in [-0.1, -0.05) is 12.1 Å². The van der Waals surface area contributed by atoms with Crippen LogP contribution < -0.4 is 0 Å². The Morgan fingerprint density at radius 2 is 1.87 bits per heavy atom. The first-order valence-electron chi connectivity index (χ1n) is 9.91. The second-order valence-electron chi connectivity index (χ2n) is 7.53. The first-order chi connectivity index (χ1) is 14.6. The van der Waals surface area contributed by atoms with Crippen LogP contribution >= 0.6 is 0 Å². The lowest BCUT2D eigenvalue weighted by atomic mass is 9.96. The summed E-state index contributed by atoms with van der Waals surface area (Å²) in [6.45, 7) is 0.671. The Morgan fingerprint density at radius 3 is 2.48 bits per heavy atom. The number of alkyl halides is 3. The van der Waals surface area contributed by atoms with E-state index in [1.807, 2.05) is 18.2 Å².